The van der Waals surface area contributed by atoms with Gasteiger partial charge in [-0.25, -0.2) is 0 Å². The van der Waals surface area contributed by atoms with Crippen molar-refractivity contribution in [3.8, 4) is 0 Å². The van der Waals surface area contributed by atoms with Crippen LogP contribution in [0.1, 0.15) is 0 Å². The maximum Gasteiger partial charge on any atom is 0.295 e. The number of thiophene rings is 1. The first-order valence-corrected chi connectivity index (χ1v) is 11.6. The van der Waals surface area contributed by atoms with Crippen molar-refractivity contribution in [2.24, 2.45) is 0 Å². The molecule has 0 saturated carbocycles. The Labute approximate surface area is 173 Å². The molecule has 0 fully saturated rings. The average Bonchev–Trinajstić information content (AvgIpc) is 3.07. The van der Waals surface area contributed by atoms with Crippen molar-refractivity contribution in [2.75, 3.05) is 0 Å². The Balaban J connectivity index is 0.00000210. The van der Waals surface area contributed by atoms with Gasteiger partial charge in [0.2, 0.25) is 0 Å². The number of benzene rings is 3. The molecule has 0 aliphatic heterocycles. The molecule has 1 aromatic heterocycles. The van der Waals surface area contributed by atoms with E-state index in [1.165, 1.54) is 6.07 Å². The van der Waals surface area contributed by atoms with Gasteiger partial charge in [-0.3, -0.25) is 4.55 Å². The van der Waals surface area contributed by atoms with Gasteiger partial charge < -0.3 is 0 Å². The molecule has 0 spiro atoms. The number of hydrogen-bond donors (Lipinski definition) is 1. The number of fused-ring (bicyclic) bond motifs is 1. The fourth-order valence-electron chi connectivity index (χ4n) is 2.95. The molecule has 4 rings (SSSR count). The Morgan fingerprint density at radius 1 is 0.815 bits per heavy atom. The quantitative estimate of drug-likeness (QED) is 0.288. The Morgan fingerprint density at radius 2 is 1.44 bits per heavy atom. The summed E-state index contributed by atoms with van der Waals surface area (Å²) in [5.41, 5.74) is 0. The molecule has 0 amide bonds. The van der Waals surface area contributed by atoms with Gasteiger partial charge >= 0.3 is 0 Å². The van der Waals surface area contributed by atoms with E-state index in [-0.39, 0.29) is 21.4 Å². The van der Waals surface area contributed by atoms with Crippen LogP contribution in [-0.2, 0) is 26.6 Å². The summed E-state index contributed by atoms with van der Waals surface area (Å²) in [4.78, 5) is -0.0209. The van der Waals surface area contributed by atoms with Gasteiger partial charge in [0.05, 0.1) is 0 Å². The summed E-state index contributed by atoms with van der Waals surface area (Å²) in [6.45, 7) is 0. The van der Waals surface area contributed by atoms with E-state index >= 15 is 0 Å². The van der Waals surface area contributed by atoms with Crippen LogP contribution in [0.4, 0.5) is 0 Å². The third kappa shape index (κ3) is 4.01. The van der Waals surface area contributed by atoms with Crippen molar-refractivity contribution in [3.05, 3.63) is 84.2 Å². The van der Waals surface area contributed by atoms with Gasteiger partial charge in [-0.1, -0.05) is 72.8 Å². The Morgan fingerprint density at radius 3 is 2.19 bits per heavy atom. The molecule has 0 aliphatic carbocycles. The molecule has 1 heterocycles. The molecule has 3 nitrogen and oxygen atoms in total. The zero-order valence-electron chi connectivity index (χ0n) is 13.9. The van der Waals surface area contributed by atoms with Crippen LogP contribution in [0.15, 0.2) is 89.1 Å². The van der Waals surface area contributed by atoms with Gasteiger partial charge in [-0.05, 0) is 30.1 Å². The van der Waals surface area contributed by atoms with E-state index in [1.54, 1.807) is 23.5 Å². The Bertz CT molecular complexity index is 1170. The van der Waals surface area contributed by atoms with Gasteiger partial charge in [0.1, 0.15) is 4.90 Å². The first kappa shape index (κ1) is 20.2. The minimum absolute atomic E-state index is 0. The molecular formula is C20H15NiO3PS2. The fourth-order valence-corrected chi connectivity index (χ4v) is 8.28. The summed E-state index contributed by atoms with van der Waals surface area (Å²) in [5.74, 6) is 0. The van der Waals surface area contributed by atoms with Gasteiger partial charge in [-0.2, -0.15) is 8.42 Å². The van der Waals surface area contributed by atoms with E-state index in [1.807, 2.05) is 48.5 Å². The molecule has 140 valence electrons. The summed E-state index contributed by atoms with van der Waals surface area (Å²) in [5, 5.41) is 6.05. The van der Waals surface area contributed by atoms with Crippen molar-refractivity contribution in [1.29, 1.82) is 0 Å². The first-order chi connectivity index (χ1) is 12.6. The molecule has 0 saturated heterocycles. The minimum atomic E-state index is -4.31. The Kier molecular flexibility index (Phi) is 6.15. The molecule has 0 radical (unpaired) electrons. The van der Waals surface area contributed by atoms with E-state index in [9.17, 15) is 13.0 Å². The smallest absolute Gasteiger partial charge is 0.282 e. The molecule has 1 atom stereocenters. The van der Waals surface area contributed by atoms with Gasteiger partial charge in [0.25, 0.3) is 10.1 Å². The van der Waals surface area contributed by atoms with Crippen LogP contribution in [0.5, 0.6) is 0 Å². The summed E-state index contributed by atoms with van der Waals surface area (Å²) in [6.07, 6.45) is 0. The minimum Gasteiger partial charge on any atom is -0.282 e. The summed E-state index contributed by atoms with van der Waals surface area (Å²) in [7, 11) is -5.42. The van der Waals surface area contributed by atoms with E-state index in [2.05, 4.69) is 17.5 Å². The fraction of sp³-hybridized carbons (Fsp3) is 0. The zero-order chi connectivity index (χ0) is 18.1. The molecule has 7 heteroatoms. The second kappa shape index (κ2) is 8.22. The van der Waals surface area contributed by atoms with Crippen LogP contribution >= 0.6 is 19.3 Å². The largest absolute Gasteiger partial charge is 0.295 e. The summed E-state index contributed by atoms with van der Waals surface area (Å²) in [6, 6.07) is 24.7. The molecule has 4 aromatic rings. The van der Waals surface area contributed by atoms with Crippen molar-refractivity contribution in [1.82, 2.24) is 0 Å². The molecule has 27 heavy (non-hydrogen) atoms. The van der Waals surface area contributed by atoms with Crippen molar-refractivity contribution >= 4 is 55.4 Å². The topological polar surface area (TPSA) is 54.4 Å². The van der Waals surface area contributed by atoms with E-state index in [0.717, 1.165) is 20.7 Å². The van der Waals surface area contributed by atoms with Crippen LogP contribution in [0.3, 0.4) is 0 Å². The third-order valence-corrected chi connectivity index (χ3v) is 9.17. The number of hydrogen-bond acceptors (Lipinski definition) is 3. The second-order valence-corrected chi connectivity index (χ2v) is 10.4. The predicted molar refractivity (Wildman–Crippen MR) is 110 cm³/mol. The first-order valence-electron chi connectivity index (χ1n) is 7.93. The molecule has 1 unspecified atom stereocenters. The molecule has 0 bridgehead atoms. The SMILES string of the molecule is O=S(=O)(O)c1ccccc1P(c1ccccc1)c1scc2ccccc12.[Ni]. The zero-order valence-corrected chi connectivity index (χ0v) is 17.4. The Hall–Kier alpha value is -1.55. The normalized spacial score (nSPS) is 12.5. The van der Waals surface area contributed by atoms with Crippen molar-refractivity contribution in [3.63, 3.8) is 0 Å². The maximum absolute atomic E-state index is 12.0. The second-order valence-electron chi connectivity index (χ2n) is 5.74. The van der Waals surface area contributed by atoms with E-state index in [4.69, 9.17) is 0 Å². The van der Waals surface area contributed by atoms with E-state index < -0.39 is 18.0 Å². The van der Waals surface area contributed by atoms with E-state index in [0.29, 0.717) is 5.30 Å². The van der Waals surface area contributed by atoms with Gasteiger partial charge in [0, 0.05) is 31.8 Å². The summed E-state index contributed by atoms with van der Waals surface area (Å²) < 4.78 is 34.9. The van der Waals surface area contributed by atoms with Crippen molar-refractivity contribution < 1.29 is 29.5 Å². The van der Waals surface area contributed by atoms with Gasteiger partial charge in [0.15, 0.2) is 0 Å². The van der Waals surface area contributed by atoms with Crippen molar-refractivity contribution in [2.45, 2.75) is 4.90 Å². The van der Waals surface area contributed by atoms with Crippen LogP contribution in [0.2, 0.25) is 0 Å². The molecular weight excluding hydrogens is 442 g/mol. The van der Waals surface area contributed by atoms with Crippen LogP contribution in [0.25, 0.3) is 10.8 Å². The molecule has 3 aromatic carbocycles. The summed E-state index contributed by atoms with van der Waals surface area (Å²) >= 11 is 1.63. The van der Waals surface area contributed by atoms with Crippen LogP contribution < -0.4 is 15.2 Å². The van der Waals surface area contributed by atoms with Gasteiger partial charge in [-0.15, -0.1) is 11.3 Å². The maximum atomic E-state index is 12.0. The standard InChI is InChI=1S/C20H15O3PS2.Ni/c21-26(22,23)19-13-7-6-12-18(19)24(16-9-2-1-3-10-16)20-17-11-5-4-8-15(17)14-25-20;/h1-14H,(H,21,22,23);. The molecule has 0 aliphatic rings. The number of rotatable bonds is 4. The average molecular weight is 457 g/mol. The monoisotopic (exact) mass is 456 g/mol. The predicted octanol–water partition coefficient (Wildman–Crippen LogP) is 3.90. The van der Waals surface area contributed by atoms with Crippen LogP contribution in [0, 0.1) is 0 Å². The van der Waals surface area contributed by atoms with Crippen LogP contribution in [-0.4, -0.2) is 13.0 Å². The third-order valence-electron chi connectivity index (χ3n) is 4.09. The molecule has 1 N–H and O–H groups in total.